The molecule has 0 aromatic carbocycles. The average molecular weight is 114 g/mol. The quantitative estimate of drug-likeness (QED) is 0.494. The molecule has 3 nitrogen and oxygen atoms in total. The molecule has 1 saturated carbocycles. The summed E-state index contributed by atoms with van der Waals surface area (Å²) in [4.78, 5) is 10.3. The van der Waals surface area contributed by atoms with Crippen molar-refractivity contribution in [3.63, 3.8) is 0 Å². The number of hydrogen-bond donors (Lipinski definition) is 2. The van der Waals surface area contributed by atoms with E-state index in [-0.39, 0.29) is 11.9 Å². The van der Waals surface area contributed by atoms with Crippen molar-refractivity contribution in [2.24, 2.45) is 17.4 Å². The predicted molar refractivity (Wildman–Crippen MR) is 29.9 cm³/mol. The summed E-state index contributed by atoms with van der Waals surface area (Å²) in [6.07, 6.45) is 2.15. The van der Waals surface area contributed by atoms with E-state index >= 15 is 0 Å². The molecule has 1 fully saturated rings. The maximum Gasteiger partial charge on any atom is 0.234 e. The van der Waals surface area contributed by atoms with Gasteiger partial charge in [-0.3, -0.25) is 4.79 Å². The van der Waals surface area contributed by atoms with Gasteiger partial charge in [-0.05, 0) is 18.8 Å². The summed E-state index contributed by atoms with van der Waals surface area (Å²) >= 11 is 0. The lowest BCUT2D eigenvalue weighted by molar-refractivity contribution is -0.119. The minimum Gasteiger partial charge on any atom is -0.368 e. The lowest BCUT2D eigenvalue weighted by atomic mass is 10.2. The lowest BCUT2D eigenvalue weighted by Gasteiger charge is -2.01. The second-order valence-corrected chi connectivity index (χ2v) is 2.27. The first kappa shape index (κ1) is 5.56. The third-order valence-corrected chi connectivity index (χ3v) is 1.46. The number of hydrogen-bond acceptors (Lipinski definition) is 2. The first-order valence-corrected chi connectivity index (χ1v) is 2.76. The van der Waals surface area contributed by atoms with E-state index in [4.69, 9.17) is 11.5 Å². The normalized spacial score (nSPS) is 22.6. The Hall–Kier alpha value is -0.570. The maximum absolute atomic E-state index is 10.3. The van der Waals surface area contributed by atoms with Gasteiger partial charge in [0.1, 0.15) is 0 Å². The second-order valence-electron chi connectivity index (χ2n) is 2.27. The van der Waals surface area contributed by atoms with E-state index in [9.17, 15) is 4.79 Å². The number of amides is 1. The van der Waals surface area contributed by atoms with Crippen LogP contribution in [0.4, 0.5) is 0 Å². The summed E-state index contributed by atoms with van der Waals surface area (Å²) in [5.41, 5.74) is 10.3. The van der Waals surface area contributed by atoms with Crippen molar-refractivity contribution in [1.29, 1.82) is 0 Å². The Labute approximate surface area is 48.0 Å². The fraction of sp³-hybridized carbons (Fsp3) is 0.800. The van der Waals surface area contributed by atoms with Crippen molar-refractivity contribution < 1.29 is 4.79 Å². The third kappa shape index (κ3) is 0.980. The summed E-state index contributed by atoms with van der Waals surface area (Å²) in [6, 6.07) is -0.380. The van der Waals surface area contributed by atoms with E-state index in [1.807, 2.05) is 0 Å². The van der Waals surface area contributed by atoms with Crippen LogP contribution in [0.1, 0.15) is 12.8 Å². The van der Waals surface area contributed by atoms with Crippen LogP contribution in [-0.4, -0.2) is 11.9 Å². The minimum atomic E-state index is -0.380. The van der Waals surface area contributed by atoms with Gasteiger partial charge in [0.2, 0.25) is 5.91 Å². The smallest absolute Gasteiger partial charge is 0.234 e. The molecule has 0 radical (unpaired) electrons. The highest BCUT2D eigenvalue weighted by Gasteiger charge is 2.31. The zero-order chi connectivity index (χ0) is 6.15. The molecule has 1 atom stereocenters. The number of rotatable bonds is 2. The highest BCUT2D eigenvalue weighted by Crippen LogP contribution is 2.31. The zero-order valence-electron chi connectivity index (χ0n) is 4.63. The highest BCUT2D eigenvalue weighted by molar-refractivity contribution is 5.80. The van der Waals surface area contributed by atoms with Crippen LogP contribution in [0, 0.1) is 5.92 Å². The van der Waals surface area contributed by atoms with E-state index < -0.39 is 0 Å². The van der Waals surface area contributed by atoms with Crippen molar-refractivity contribution in [2.45, 2.75) is 18.9 Å². The Morgan fingerprint density at radius 1 is 1.62 bits per heavy atom. The van der Waals surface area contributed by atoms with Crippen LogP contribution in [0.2, 0.25) is 0 Å². The van der Waals surface area contributed by atoms with Crippen LogP contribution >= 0.6 is 0 Å². The molecule has 8 heavy (non-hydrogen) atoms. The zero-order valence-corrected chi connectivity index (χ0v) is 4.63. The van der Waals surface area contributed by atoms with Crippen LogP contribution in [0.15, 0.2) is 0 Å². The molecule has 0 bridgehead atoms. The van der Waals surface area contributed by atoms with Gasteiger partial charge in [-0.15, -0.1) is 0 Å². The number of nitrogens with two attached hydrogens (primary N) is 2. The Morgan fingerprint density at radius 3 is 2.25 bits per heavy atom. The summed E-state index contributed by atoms with van der Waals surface area (Å²) in [6.45, 7) is 0. The molecular weight excluding hydrogens is 104 g/mol. The van der Waals surface area contributed by atoms with Gasteiger partial charge in [0.15, 0.2) is 0 Å². The molecule has 3 heteroatoms. The molecule has 1 amide bonds. The van der Waals surface area contributed by atoms with Crippen molar-refractivity contribution in [1.82, 2.24) is 0 Å². The van der Waals surface area contributed by atoms with Crippen molar-refractivity contribution in [2.75, 3.05) is 0 Å². The van der Waals surface area contributed by atoms with Crippen LogP contribution in [-0.2, 0) is 4.79 Å². The van der Waals surface area contributed by atoms with Crippen LogP contribution in [0.5, 0.6) is 0 Å². The van der Waals surface area contributed by atoms with Gasteiger partial charge in [-0.2, -0.15) is 0 Å². The van der Waals surface area contributed by atoms with Crippen molar-refractivity contribution >= 4 is 5.91 Å². The SMILES string of the molecule is NC(=O)C(N)C1CC1. The third-order valence-electron chi connectivity index (χ3n) is 1.46. The van der Waals surface area contributed by atoms with Gasteiger partial charge < -0.3 is 11.5 Å². The first-order valence-electron chi connectivity index (χ1n) is 2.76. The number of carbonyl (C=O) groups is 1. The minimum absolute atomic E-state index is 0.368. The van der Waals surface area contributed by atoms with Gasteiger partial charge in [0.25, 0.3) is 0 Å². The standard InChI is InChI=1S/C5H10N2O/c6-4(5(7)8)3-1-2-3/h3-4H,1-2,6H2,(H2,7,8). The fourth-order valence-corrected chi connectivity index (χ4v) is 0.688. The molecule has 46 valence electrons. The molecule has 0 aliphatic heterocycles. The molecule has 1 aliphatic rings. The summed E-state index contributed by atoms with van der Waals surface area (Å²) < 4.78 is 0. The van der Waals surface area contributed by atoms with Gasteiger partial charge in [-0.1, -0.05) is 0 Å². The van der Waals surface area contributed by atoms with Gasteiger partial charge in [-0.25, -0.2) is 0 Å². The molecule has 1 rings (SSSR count). The molecule has 0 aromatic heterocycles. The highest BCUT2D eigenvalue weighted by atomic mass is 16.1. The van der Waals surface area contributed by atoms with Gasteiger partial charge >= 0.3 is 0 Å². The molecule has 0 heterocycles. The average Bonchev–Trinajstić information content (AvgIpc) is 2.43. The molecule has 4 N–H and O–H groups in total. The Bertz CT molecular complexity index is 109. The Morgan fingerprint density at radius 2 is 2.12 bits per heavy atom. The topological polar surface area (TPSA) is 69.1 Å². The van der Waals surface area contributed by atoms with E-state index in [1.54, 1.807) is 0 Å². The predicted octanol–water partition coefficient (Wildman–Crippen LogP) is -0.791. The summed E-state index contributed by atoms with van der Waals surface area (Å²) in [5.74, 6) is 0.0278. The van der Waals surface area contributed by atoms with Crippen LogP contribution < -0.4 is 11.5 Å². The summed E-state index contributed by atoms with van der Waals surface area (Å²) in [7, 11) is 0. The summed E-state index contributed by atoms with van der Waals surface area (Å²) in [5, 5.41) is 0. The molecular formula is C5H10N2O. The largest absolute Gasteiger partial charge is 0.368 e. The molecule has 1 unspecified atom stereocenters. The fourth-order valence-electron chi connectivity index (χ4n) is 0.688. The van der Waals surface area contributed by atoms with E-state index in [1.165, 1.54) is 0 Å². The van der Waals surface area contributed by atoms with Crippen molar-refractivity contribution in [3.05, 3.63) is 0 Å². The van der Waals surface area contributed by atoms with Crippen LogP contribution in [0.25, 0.3) is 0 Å². The maximum atomic E-state index is 10.3. The Kier molecular flexibility index (Phi) is 1.21. The van der Waals surface area contributed by atoms with E-state index in [2.05, 4.69) is 0 Å². The van der Waals surface area contributed by atoms with Gasteiger partial charge in [0, 0.05) is 0 Å². The Balaban J connectivity index is 2.32. The molecule has 1 aliphatic carbocycles. The lowest BCUT2D eigenvalue weighted by Crippen LogP contribution is -2.37. The van der Waals surface area contributed by atoms with Crippen molar-refractivity contribution in [3.8, 4) is 0 Å². The monoisotopic (exact) mass is 114 g/mol. The van der Waals surface area contributed by atoms with Gasteiger partial charge in [0.05, 0.1) is 6.04 Å². The van der Waals surface area contributed by atoms with Crippen LogP contribution in [0.3, 0.4) is 0 Å². The second kappa shape index (κ2) is 1.74. The molecule has 0 aromatic rings. The molecule has 0 saturated heterocycles. The molecule has 0 spiro atoms. The number of carbonyl (C=O) groups excluding carboxylic acids is 1. The number of primary amides is 1. The first-order chi connectivity index (χ1) is 3.72. The van der Waals surface area contributed by atoms with E-state index in [0.717, 1.165) is 12.8 Å². The van der Waals surface area contributed by atoms with E-state index in [0.29, 0.717) is 5.92 Å².